The van der Waals surface area contributed by atoms with Crippen molar-refractivity contribution in [1.29, 1.82) is 0 Å². The highest BCUT2D eigenvalue weighted by molar-refractivity contribution is 7.99. The van der Waals surface area contributed by atoms with E-state index in [4.69, 9.17) is 25.8 Å². The van der Waals surface area contributed by atoms with Crippen molar-refractivity contribution in [2.24, 2.45) is 0 Å². The van der Waals surface area contributed by atoms with Gasteiger partial charge in [-0.2, -0.15) is 11.8 Å². The van der Waals surface area contributed by atoms with Gasteiger partial charge in [-0.05, 0) is 29.5 Å². The quantitative estimate of drug-likeness (QED) is 0.457. The fraction of sp³-hybridized carbons (Fsp3) is 0.357. The van der Waals surface area contributed by atoms with E-state index in [-0.39, 0.29) is 12.8 Å². The lowest BCUT2D eigenvalue weighted by atomic mass is 10.2. The minimum Gasteiger partial charge on any atom is -0.462 e. The predicted molar refractivity (Wildman–Crippen MR) is 80.6 cm³/mol. The first-order valence-corrected chi connectivity index (χ1v) is 7.75. The minimum absolute atomic E-state index is 0.166. The van der Waals surface area contributed by atoms with Crippen molar-refractivity contribution < 1.29 is 19.0 Å². The van der Waals surface area contributed by atoms with Crippen molar-refractivity contribution >= 4 is 35.4 Å². The molecule has 0 aliphatic carbocycles. The molecular formula is C14H15ClO4S. The number of carbonyl (C=O) groups is 1. The number of carbonyl (C=O) groups excluding carboxylic acids is 1. The number of thioether (sulfide) groups is 1. The molecule has 0 amide bonds. The van der Waals surface area contributed by atoms with Crippen molar-refractivity contribution in [2.75, 3.05) is 24.9 Å². The van der Waals surface area contributed by atoms with Gasteiger partial charge in [0, 0.05) is 11.8 Å². The number of hydrogen-bond donors (Lipinski definition) is 0. The lowest BCUT2D eigenvalue weighted by Crippen LogP contribution is -2.04. The van der Waals surface area contributed by atoms with Gasteiger partial charge in [0.25, 0.3) is 0 Å². The maximum Gasteiger partial charge on any atom is 0.330 e. The molecule has 20 heavy (non-hydrogen) atoms. The van der Waals surface area contributed by atoms with E-state index >= 15 is 0 Å². The number of rotatable bonds is 6. The van der Waals surface area contributed by atoms with Gasteiger partial charge in [-0.1, -0.05) is 18.5 Å². The van der Waals surface area contributed by atoms with E-state index in [0.29, 0.717) is 23.1 Å². The highest BCUT2D eigenvalue weighted by Gasteiger charge is 2.17. The van der Waals surface area contributed by atoms with Crippen LogP contribution in [0.3, 0.4) is 0 Å². The van der Waals surface area contributed by atoms with Gasteiger partial charge in [-0.15, -0.1) is 0 Å². The van der Waals surface area contributed by atoms with Gasteiger partial charge >= 0.3 is 5.97 Å². The van der Waals surface area contributed by atoms with Crippen molar-refractivity contribution in [3.8, 4) is 11.5 Å². The fourth-order valence-electron chi connectivity index (χ4n) is 1.64. The van der Waals surface area contributed by atoms with Crippen LogP contribution in [0.1, 0.15) is 12.5 Å². The standard InChI is InChI=1S/C14H15ClO4S/c1-2-20-6-5-17-13(16)4-3-10-7-11(15)14-12(8-10)18-9-19-14/h3-4,7-8H,2,5-6,9H2,1H3. The Morgan fingerprint density at radius 2 is 2.35 bits per heavy atom. The Morgan fingerprint density at radius 1 is 1.50 bits per heavy atom. The summed E-state index contributed by atoms with van der Waals surface area (Å²) in [7, 11) is 0. The summed E-state index contributed by atoms with van der Waals surface area (Å²) < 4.78 is 15.5. The molecule has 0 radical (unpaired) electrons. The predicted octanol–water partition coefficient (Wildman–Crippen LogP) is 3.38. The van der Waals surface area contributed by atoms with Crippen LogP contribution < -0.4 is 9.47 Å². The molecule has 4 nitrogen and oxygen atoms in total. The third-order valence-corrected chi connectivity index (χ3v) is 3.68. The summed E-state index contributed by atoms with van der Waals surface area (Å²) in [5.41, 5.74) is 0.763. The summed E-state index contributed by atoms with van der Waals surface area (Å²) in [6, 6.07) is 3.48. The first-order valence-electron chi connectivity index (χ1n) is 6.22. The van der Waals surface area contributed by atoms with Gasteiger partial charge in [0.1, 0.15) is 6.61 Å². The summed E-state index contributed by atoms with van der Waals surface area (Å²) in [5, 5.41) is 0.465. The number of fused-ring (bicyclic) bond motifs is 1. The second-order valence-electron chi connectivity index (χ2n) is 3.93. The largest absolute Gasteiger partial charge is 0.462 e. The van der Waals surface area contributed by atoms with Crippen LogP contribution in [0.25, 0.3) is 6.08 Å². The second kappa shape index (κ2) is 7.45. The van der Waals surface area contributed by atoms with E-state index in [9.17, 15) is 4.79 Å². The Balaban J connectivity index is 1.91. The summed E-state index contributed by atoms with van der Waals surface area (Å²) >= 11 is 7.78. The zero-order valence-corrected chi connectivity index (χ0v) is 12.6. The SMILES string of the molecule is CCSCCOC(=O)C=Cc1cc(Cl)c2c(c1)OCO2. The van der Waals surface area contributed by atoms with Crippen LogP contribution in [-0.4, -0.2) is 30.9 Å². The van der Waals surface area contributed by atoms with E-state index in [2.05, 4.69) is 6.92 Å². The Hall–Kier alpha value is -1.33. The molecule has 1 aliphatic rings. The van der Waals surface area contributed by atoms with Crippen LogP contribution in [0, 0.1) is 0 Å². The third-order valence-electron chi connectivity index (χ3n) is 2.54. The second-order valence-corrected chi connectivity index (χ2v) is 5.74. The van der Waals surface area contributed by atoms with Crippen LogP contribution in [0.5, 0.6) is 11.5 Å². The molecular weight excluding hydrogens is 300 g/mol. The van der Waals surface area contributed by atoms with E-state index in [1.807, 2.05) is 0 Å². The zero-order valence-electron chi connectivity index (χ0n) is 11.1. The molecule has 0 bridgehead atoms. The molecule has 0 N–H and O–H groups in total. The number of ether oxygens (including phenoxy) is 3. The van der Waals surface area contributed by atoms with E-state index < -0.39 is 0 Å². The molecule has 108 valence electrons. The van der Waals surface area contributed by atoms with Gasteiger partial charge in [-0.3, -0.25) is 0 Å². The van der Waals surface area contributed by atoms with Crippen LogP contribution in [0.4, 0.5) is 0 Å². The van der Waals surface area contributed by atoms with Crippen LogP contribution >= 0.6 is 23.4 Å². The van der Waals surface area contributed by atoms with Crippen molar-refractivity contribution in [1.82, 2.24) is 0 Å². The molecule has 0 saturated carbocycles. The molecule has 0 aromatic heterocycles. The summed E-state index contributed by atoms with van der Waals surface area (Å²) in [6.45, 7) is 2.65. The van der Waals surface area contributed by atoms with Crippen LogP contribution in [0.15, 0.2) is 18.2 Å². The highest BCUT2D eigenvalue weighted by atomic mass is 35.5. The highest BCUT2D eigenvalue weighted by Crippen LogP contribution is 2.40. The van der Waals surface area contributed by atoms with Gasteiger partial charge in [0.05, 0.1) is 5.02 Å². The summed E-state index contributed by atoms with van der Waals surface area (Å²) in [6.07, 6.45) is 3.02. The first-order chi connectivity index (χ1) is 9.70. The average molecular weight is 315 g/mol. The van der Waals surface area contributed by atoms with Gasteiger partial charge in [0.2, 0.25) is 6.79 Å². The molecule has 0 atom stereocenters. The van der Waals surface area contributed by atoms with E-state index in [1.54, 1.807) is 30.0 Å². The molecule has 1 aromatic rings. The van der Waals surface area contributed by atoms with Gasteiger partial charge < -0.3 is 14.2 Å². The number of halogens is 1. The summed E-state index contributed by atoms with van der Waals surface area (Å²) in [5.74, 6) is 2.60. The molecule has 1 aliphatic heterocycles. The Morgan fingerprint density at radius 3 is 3.15 bits per heavy atom. The lowest BCUT2D eigenvalue weighted by molar-refractivity contribution is -0.137. The van der Waals surface area contributed by atoms with Crippen molar-refractivity contribution in [3.05, 3.63) is 28.8 Å². The number of esters is 1. The topological polar surface area (TPSA) is 44.8 Å². The normalized spacial score (nSPS) is 12.9. The Bertz CT molecular complexity index is 516. The number of benzene rings is 1. The molecule has 6 heteroatoms. The molecule has 2 rings (SSSR count). The average Bonchev–Trinajstić information content (AvgIpc) is 2.90. The van der Waals surface area contributed by atoms with Crippen LogP contribution in [0.2, 0.25) is 5.02 Å². The van der Waals surface area contributed by atoms with Crippen molar-refractivity contribution in [3.63, 3.8) is 0 Å². The molecule has 1 heterocycles. The number of hydrogen-bond acceptors (Lipinski definition) is 5. The summed E-state index contributed by atoms with van der Waals surface area (Å²) in [4.78, 5) is 11.5. The monoisotopic (exact) mass is 314 g/mol. The van der Waals surface area contributed by atoms with Gasteiger partial charge in [-0.25, -0.2) is 4.79 Å². The Labute approximate surface area is 127 Å². The maximum atomic E-state index is 11.5. The fourth-order valence-corrected chi connectivity index (χ4v) is 2.40. The maximum absolute atomic E-state index is 11.5. The molecule has 0 spiro atoms. The molecule has 0 fully saturated rings. The van der Waals surface area contributed by atoms with E-state index in [1.165, 1.54) is 6.08 Å². The Kier molecular flexibility index (Phi) is 5.61. The van der Waals surface area contributed by atoms with E-state index in [0.717, 1.165) is 17.1 Å². The van der Waals surface area contributed by atoms with Crippen molar-refractivity contribution in [2.45, 2.75) is 6.92 Å². The smallest absolute Gasteiger partial charge is 0.330 e. The zero-order chi connectivity index (χ0) is 14.4. The molecule has 0 unspecified atom stereocenters. The minimum atomic E-state index is -0.365. The first kappa shape index (κ1) is 15.1. The molecule has 1 aromatic carbocycles. The lowest BCUT2D eigenvalue weighted by Gasteiger charge is -2.02. The van der Waals surface area contributed by atoms with Crippen LogP contribution in [-0.2, 0) is 9.53 Å². The van der Waals surface area contributed by atoms with Gasteiger partial charge in [0.15, 0.2) is 11.5 Å². The third kappa shape index (κ3) is 4.08. The molecule has 0 saturated heterocycles.